The van der Waals surface area contributed by atoms with E-state index < -0.39 is 0 Å². The molecule has 0 spiro atoms. The predicted molar refractivity (Wildman–Crippen MR) is 75.2 cm³/mol. The lowest BCUT2D eigenvalue weighted by molar-refractivity contribution is 0.627. The Bertz CT molecular complexity index is 555. The summed E-state index contributed by atoms with van der Waals surface area (Å²) in [4.78, 5) is 0. The van der Waals surface area contributed by atoms with Gasteiger partial charge >= 0.3 is 0 Å². The lowest BCUT2D eigenvalue weighted by Crippen LogP contribution is -2.00. The molecular weight excluding hydrogens is 296 g/mol. The van der Waals surface area contributed by atoms with Crippen molar-refractivity contribution < 1.29 is 4.39 Å². The first-order chi connectivity index (χ1) is 8.56. The number of hydrogen-bond acceptors (Lipinski definition) is 1. The minimum Gasteiger partial charge on any atom is -0.380 e. The SMILES string of the molecule is Fc1ccc(CNc2cc(Cl)c(Cl)cc2Cl)cc1. The molecule has 5 heteroatoms. The van der Waals surface area contributed by atoms with Crippen molar-refractivity contribution >= 4 is 40.5 Å². The number of hydrogen-bond donors (Lipinski definition) is 1. The predicted octanol–water partition coefficient (Wildman–Crippen LogP) is 5.40. The highest BCUT2D eigenvalue weighted by atomic mass is 35.5. The van der Waals surface area contributed by atoms with E-state index in [9.17, 15) is 4.39 Å². The number of benzene rings is 2. The molecule has 0 heterocycles. The molecule has 0 unspecified atom stereocenters. The Labute approximate surface area is 119 Å². The molecule has 2 rings (SSSR count). The number of rotatable bonds is 3. The highest BCUT2D eigenvalue weighted by Crippen LogP contribution is 2.32. The van der Waals surface area contributed by atoms with Crippen LogP contribution in [0.5, 0.6) is 0 Å². The van der Waals surface area contributed by atoms with Crippen LogP contribution in [0.15, 0.2) is 36.4 Å². The molecule has 0 aromatic heterocycles. The van der Waals surface area contributed by atoms with Gasteiger partial charge in [-0.1, -0.05) is 46.9 Å². The van der Waals surface area contributed by atoms with Gasteiger partial charge in [0.15, 0.2) is 0 Å². The third-order valence-corrected chi connectivity index (χ3v) is 3.44. The molecule has 0 amide bonds. The fraction of sp³-hybridized carbons (Fsp3) is 0.0769. The third-order valence-electron chi connectivity index (χ3n) is 2.41. The maximum atomic E-state index is 12.7. The molecule has 0 aliphatic carbocycles. The van der Waals surface area contributed by atoms with E-state index in [-0.39, 0.29) is 5.82 Å². The second kappa shape index (κ2) is 5.79. The van der Waals surface area contributed by atoms with Crippen LogP contribution in [0.1, 0.15) is 5.56 Å². The Morgan fingerprint density at radius 1 is 0.889 bits per heavy atom. The summed E-state index contributed by atoms with van der Waals surface area (Å²) in [5, 5.41) is 4.46. The number of anilines is 1. The Morgan fingerprint density at radius 3 is 2.17 bits per heavy atom. The summed E-state index contributed by atoms with van der Waals surface area (Å²) in [6, 6.07) is 9.47. The molecule has 1 N–H and O–H groups in total. The molecule has 0 aliphatic heterocycles. The average Bonchev–Trinajstić information content (AvgIpc) is 2.34. The van der Waals surface area contributed by atoms with Crippen LogP contribution in [0.4, 0.5) is 10.1 Å². The maximum absolute atomic E-state index is 12.7. The molecule has 0 saturated carbocycles. The Balaban J connectivity index is 2.10. The van der Waals surface area contributed by atoms with Crippen molar-refractivity contribution in [3.63, 3.8) is 0 Å². The number of halogens is 4. The Morgan fingerprint density at radius 2 is 1.50 bits per heavy atom. The van der Waals surface area contributed by atoms with Gasteiger partial charge in [-0.3, -0.25) is 0 Å². The normalized spacial score (nSPS) is 10.4. The van der Waals surface area contributed by atoms with E-state index in [0.29, 0.717) is 27.3 Å². The first kappa shape index (κ1) is 13.5. The van der Waals surface area contributed by atoms with Crippen molar-refractivity contribution in [3.8, 4) is 0 Å². The van der Waals surface area contributed by atoms with Crippen molar-refractivity contribution in [2.45, 2.75) is 6.54 Å². The summed E-state index contributed by atoms with van der Waals surface area (Å²) in [5.41, 5.74) is 1.63. The first-order valence-corrected chi connectivity index (χ1v) is 6.32. The molecule has 0 radical (unpaired) electrons. The fourth-order valence-corrected chi connectivity index (χ4v) is 2.07. The monoisotopic (exact) mass is 303 g/mol. The molecule has 18 heavy (non-hydrogen) atoms. The lowest BCUT2D eigenvalue weighted by atomic mass is 10.2. The summed E-state index contributed by atoms with van der Waals surface area (Å²) in [6.07, 6.45) is 0. The van der Waals surface area contributed by atoms with E-state index >= 15 is 0 Å². The van der Waals surface area contributed by atoms with Crippen LogP contribution in [0.3, 0.4) is 0 Å². The summed E-state index contributed by atoms with van der Waals surface area (Å²) in [6.45, 7) is 0.526. The van der Waals surface area contributed by atoms with Crippen molar-refractivity contribution in [1.82, 2.24) is 0 Å². The molecule has 1 nitrogen and oxygen atoms in total. The van der Waals surface area contributed by atoms with Crippen molar-refractivity contribution in [3.05, 3.63) is 62.8 Å². The molecule has 0 atom stereocenters. The summed E-state index contributed by atoms with van der Waals surface area (Å²) in [7, 11) is 0. The van der Waals surface area contributed by atoms with Gasteiger partial charge in [0.25, 0.3) is 0 Å². The second-order valence-corrected chi connectivity index (χ2v) is 4.95. The van der Waals surface area contributed by atoms with Gasteiger partial charge in [0.2, 0.25) is 0 Å². The highest BCUT2D eigenvalue weighted by Gasteiger charge is 2.05. The molecule has 0 fully saturated rings. The van der Waals surface area contributed by atoms with Gasteiger partial charge in [0.1, 0.15) is 5.82 Å². The number of nitrogens with one attached hydrogen (secondary N) is 1. The second-order valence-electron chi connectivity index (χ2n) is 3.73. The minimum atomic E-state index is -0.258. The highest BCUT2D eigenvalue weighted by molar-refractivity contribution is 6.44. The van der Waals surface area contributed by atoms with Crippen LogP contribution in [-0.2, 0) is 6.54 Å². The zero-order valence-corrected chi connectivity index (χ0v) is 11.5. The van der Waals surface area contributed by atoms with Crippen molar-refractivity contribution in [2.75, 3.05) is 5.32 Å². The molecule has 2 aromatic carbocycles. The van der Waals surface area contributed by atoms with Gasteiger partial charge < -0.3 is 5.32 Å². The van der Waals surface area contributed by atoms with Gasteiger partial charge in [-0.05, 0) is 29.8 Å². The standard InChI is InChI=1S/C13H9Cl3FN/c14-10-5-12(16)13(6-11(10)15)18-7-8-1-3-9(17)4-2-8/h1-6,18H,7H2. The molecule has 0 bridgehead atoms. The first-order valence-electron chi connectivity index (χ1n) is 5.19. The van der Waals surface area contributed by atoms with Crippen LogP contribution >= 0.6 is 34.8 Å². The van der Waals surface area contributed by atoms with Gasteiger partial charge in [0, 0.05) is 6.54 Å². The van der Waals surface area contributed by atoms with E-state index in [0.717, 1.165) is 5.56 Å². The zero-order chi connectivity index (χ0) is 13.1. The molecule has 2 aromatic rings. The quantitative estimate of drug-likeness (QED) is 0.749. The van der Waals surface area contributed by atoms with E-state index in [1.165, 1.54) is 12.1 Å². The topological polar surface area (TPSA) is 12.0 Å². The van der Waals surface area contributed by atoms with Crippen LogP contribution in [0.25, 0.3) is 0 Å². The summed E-state index contributed by atoms with van der Waals surface area (Å²) >= 11 is 17.8. The van der Waals surface area contributed by atoms with E-state index in [4.69, 9.17) is 34.8 Å². The van der Waals surface area contributed by atoms with Gasteiger partial charge in [-0.25, -0.2) is 4.39 Å². The van der Waals surface area contributed by atoms with Gasteiger partial charge in [0.05, 0.1) is 20.8 Å². The van der Waals surface area contributed by atoms with Gasteiger partial charge in [-0.2, -0.15) is 0 Å². The fourth-order valence-electron chi connectivity index (χ4n) is 1.46. The Hall–Kier alpha value is -0.960. The van der Waals surface area contributed by atoms with E-state index in [1.807, 2.05) is 0 Å². The van der Waals surface area contributed by atoms with Crippen LogP contribution < -0.4 is 5.32 Å². The van der Waals surface area contributed by atoms with Crippen molar-refractivity contribution in [1.29, 1.82) is 0 Å². The van der Waals surface area contributed by atoms with Crippen LogP contribution in [0, 0.1) is 5.82 Å². The maximum Gasteiger partial charge on any atom is 0.123 e. The summed E-state index contributed by atoms with van der Waals surface area (Å²) in [5.74, 6) is -0.258. The van der Waals surface area contributed by atoms with Gasteiger partial charge in [-0.15, -0.1) is 0 Å². The van der Waals surface area contributed by atoms with E-state index in [1.54, 1.807) is 24.3 Å². The minimum absolute atomic E-state index is 0.258. The van der Waals surface area contributed by atoms with Crippen LogP contribution in [0.2, 0.25) is 15.1 Å². The molecule has 0 saturated heterocycles. The molecule has 94 valence electrons. The van der Waals surface area contributed by atoms with E-state index in [2.05, 4.69) is 5.32 Å². The van der Waals surface area contributed by atoms with Crippen molar-refractivity contribution in [2.24, 2.45) is 0 Å². The largest absolute Gasteiger partial charge is 0.380 e. The third kappa shape index (κ3) is 3.29. The lowest BCUT2D eigenvalue weighted by Gasteiger charge is -2.09. The smallest absolute Gasteiger partial charge is 0.123 e. The molecular formula is C13H9Cl3FN. The van der Waals surface area contributed by atoms with Crippen LogP contribution in [-0.4, -0.2) is 0 Å². The zero-order valence-electron chi connectivity index (χ0n) is 9.18. The molecule has 0 aliphatic rings. The Kier molecular flexibility index (Phi) is 4.33. The summed E-state index contributed by atoms with van der Waals surface area (Å²) < 4.78 is 12.7. The average molecular weight is 305 g/mol.